The van der Waals surface area contributed by atoms with E-state index < -0.39 is 0 Å². The highest BCUT2D eigenvalue weighted by atomic mass is 16.3. The van der Waals surface area contributed by atoms with Crippen LogP contribution in [0.2, 0.25) is 0 Å². The third-order valence-electron chi connectivity index (χ3n) is 4.74. The first-order valence-corrected chi connectivity index (χ1v) is 8.91. The fourth-order valence-corrected chi connectivity index (χ4v) is 3.32. The van der Waals surface area contributed by atoms with Crippen molar-refractivity contribution in [1.29, 1.82) is 0 Å². The average molecular weight is 336 g/mol. The second-order valence-corrected chi connectivity index (χ2v) is 7.78. The molecule has 1 aromatic heterocycles. The van der Waals surface area contributed by atoms with Crippen LogP contribution in [0.3, 0.4) is 0 Å². The highest BCUT2D eigenvalue weighted by molar-refractivity contribution is 5.96. The number of aliphatic hydroxyl groups excluding tert-OH is 1. The van der Waals surface area contributed by atoms with Gasteiger partial charge < -0.3 is 10.0 Å². The number of carbonyl (C=O) groups is 1. The minimum Gasteiger partial charge on any atom is -0.392 e. The molecule has 0 aliphatic carbocycles. The first-order valence-electron chi connectivity index (χ1n) is 8.91. The molecule has 2 rings (SSSR count). The van der Waals surface area contributed by atoms with Gasteiger partial charge in [0, 0.05) is 38.4 Å². The van der Waals surface area contributed by atoms with Crippen molar-refractivity contribution < 1.29 is 9.90 Å². The van der Waals surface area contributed by atoms with Gasteiger partial charge in [-0.05, 0) is 41.0 Å². The smallest absolute Gasteiger partial charge is 0.257 e. The van der Waals surface area contributed by atoms with Crippen LogP contribution in [-0.2, 0) is 5.54 Å². The number of amides is 1. The second-order valence-electron chi connectivity index (χ2n) is 7.78. The zero-order valence-electron chi connectivity index (χ0n) is 16.0. The predicted octanol–water partition coefficient (Wildman–Crippen LogP) is 1.78. The summed E-state index contributed by atoms with van der Waals surface area (Å²) in [7, 11) is 0. The Bertz CT molecular complexity index is 581. The maximum Gasteiger partial charge on any atom is 0.257 e. The highest BCUT2D eigenvalue weighted by Crippen LogP contribution is 2.23. The summed E-state index contributed by atoms with van der Waals surface area (Å²) in [6, 6.07) is 0. The molecule has 2 heterocycles. The van der Waals surface area contributed by atoms with Gasteiger partial charge in [-0.15, -0.1) is 0 Å². The number of piperazine rings is 1. The van der Waals surface area contributed by atoms with E-state index >= 15 is 0 Å². The van der Waals surface area contributed by atoms with Crippen molar-refractivity contribution in [1.82, 2.24) is 19.6 Å². The second kappa shape index (κ2) is 7.23. The molecule has 1 aromatic rings. The van der Waals surface area contributed by atoms with E-state index in [4.69, 9.17) is 0 Å². The number of nitrogens with zero attached hydrogens (tertiary/aromatic N) is 4. The third-order valence-corrected chi connectivity index (χ3v) is 4.74. The topological polar surface area (TPSA) is 61.6 Å². The molecule has 1 amide bonds. The van der Waals surface area contributed by atoms with Crippen LogP contribution in [0.1, 0.15) is 55.9 Å². The van der Waals surface area contributed by atoms with E-state index in [2.05, 4.69) is 30.8 Å². The van der Waals surface area contributed by atoms with Gasteiger partial charge in [-0.2, -0.15) is 5.10 Å². The van der Waals surface area contributed by atoms with Crippen LogP contribution in [0, 0.1) is 13.8 Å². The summed E-state index contributed by atoms with van der Waals surface area (Å²) in [5.41, 5.74) is 2.35. The Morgan fingerprint density at radius 2 is 1.79 bits per heavy atom. The zero-order chi connectivity index (χ0) is 18.1. The van der Waals surface area contributed by atoms with Crippen LogP contribution in [-0.4, -0.2) is 69.4 Å². The van der Waals surface area contributed by atoms with Gasteiger partial charge in [-0.3, -0.25) is 14.4 Å². The lowest BCUT2D eigenvalue weighted by atomic mass is 10.1. The molecule has 1 atom stereocenters. The Hall–Kier alpha value is -1.40. The van der Waals surface area contributed by atoms with E-state index in [0.717, 1.165) is 36.5 Å². The number of rotatable bonds is 4. The number of hydrogen-bond donors (Lipinski definition) is 1. The molecule has 136 valence electrons. The SMILES string of the molecule is CCC(O)CN1CCN(C(=O)c2c(C)nn(C(C)(C)C)c2C)CC1. The molecule has 1 unspecified atom stereocenters. The summed E-state index contributed by atoms with van der Waals surface area (Å²) in [6.07, 6.45) is 0.491. The molecular weight excluding hydrogens is 304 g/mol. The molecule has 6 heteroatoms. The van der Waals surface area contributed by atoms with Gasteiger partial charge in [0.15, 0.2) is 0 Å². The van der Waals surface area contributed by atoms with Crippen molar-refractivity contribution in [2.24, 2.45) is 0 Å². The van der Waals surface area contributed by atoms with Crippen molar-refractivity contribution in [3.05, 3.63) is 17.0 Å². The number of carbonyl (C=O) groups excluding carboxylic acids is 1. The lowest BCUT2D eigenvalue weighted by Gasteiger charge is -2.35. The Kier molecular flexibility index (Phi) is 5.71. The number of aryl methyl sites for hydroxylation is 1. The Morgan fingerprint density at radius 1 is 1.21 bits per heavy atom. The Labute approximate surface area is 145 Å². The fourth-order valence-electron chi connectivity index (χ4n) is 3.32. The van der Waals surface area contributed by atoms with E-state index in [0.29, 0.717) is 19.6 Å². The lowest BCUT2D eigenvalue weighted by molar-refractivity contribution is 0.0522. The van der Waals surface area contributed by atoms with Gasteiger partial charge in [-0.25, -0.2) is 0 Å². The van der Waals surface area contributed by atoms with Gasteiger partial charge in [0.05, 0.1) is 22.9 Å². The summed E-state index contributed by atoms with van der Waals surface area (Å²) >= 11 is 0. The molecule has 0 radical (unpaired) electrons. The van der Waals surface area contributed by atoms with Crippen LogP contribution < -0.4 is 0 Å². The molecular formula is C18H32N4O2. The molecule has 1 aliphatic rings. The zero-order valence-corrected chi connectivity index (χ0v) is 16.0. The molecule has 0 saturated carbocycles. The van der Waals surface area contributed by atoms with E-state index in [9.17, 15) is 9.90 Å². The number of β-amino-alcohol motifs (C(OH)–C–C–N with tert-alkyl or cyclic N) is 1. The summed E-state index contributed by atoms with van der Waals surface area (Å²) in [4.78, 5) is 17.1. The molecule has 1 fully saturated rings. The van der Waals surface area contributed by atoms with Crippen molar-refractivity contribution in [3.8, 4) is 0 Å². The summed E-state index contributed by atoms with van der Waals surface area (Å²) in [5, 5.41) is 14.4. The quantitative estimate of drug-likeness (QED) is 0.910. The minimum absolute atomic E-state index is 0.0798. The Balaban J connectivity index is 2.08. The molecule has 0 spiro atoms. The molecule has 1 N–H and O–H groups in total. The van der Waals surface area contributed by atoms with Gasteiger partial charge in [0.2, 0.25) is 0 Å². The maximum absolute atomic E-state index is 13.0. The van der Waals surface area contributed by atoms with Crippen molar-refractivity contribution in [3.63, 3.8) is 0 Å². The fraction of sp³-hybridized carbons (Fsp3) is 0.778. The van der Waals surface area contributed by atoms with E-state index in [-0.39, 0.29) is 17.6 Å². The van der Waals surface area contributed by atoms with E-state index in [1.807, 2.05) is 30.4 Å². The standard InChI is InChI=1S/C18H32N4O2/c1-7-15(23)12-20-8-10-21(11-9-20)17(24)16-13(2)19-22(14(16)3)18(4,5)6/h15,23H,7-12H2,1-6H3. The van der Waals surface area contributed by atoms with Crippen molar-refractivity contribution in [2.75, 3.05) is 32.7 Å². The van der Waals surface area contributed by atoms with Crippen LogP contribution in [0.5, 0.6) is 0 Å². The van der Waals surface area contributed by atoms with Crippen LogP contribution in [0.15, 0.2) is 0 Å². The summed E-state index contributed by atoms with van der Waals surface area (Å²) in [5.74, 6) is 0.0798. The molecule has 0 aromatic carbocycles. The minimum atomic E-state index is -0.276. The van der Waals surface area contributed by atoms with Crippen LogP contribution in [0.4, 0.5) is 0 Å². The van der Waals surface area contributed by atoms with Crippen molar-refractivity contribution >= 4 is 5.91 Å². The van der Waals surface area contributed by atoms with Crippen LogP contribution in [0.25, 0.3) is 0 Å². The molecule has 6 nitrogen and oxygen atoms in total. The van der Waals surface area contributed by atoms with Gasteiger partial charge in [-0.1, -0.05) is 6.92 Å². The van der Waals surface area contributed by atoms with E-state index in [1.54, 1.807) is 0 Å². The van der Waals surface area contributed by atoms with Crippen LogP contribution >= 0.6 is 0 Å². The Morgan fingerprint density at radius 3 is 2.25 bits per heavy atom. The first-order chi connectivity index (χ1) is 11.1. The molecule has 24 heavy (non-hydrogen) atoms. The predicted molar refractivity (Wildman–Crippen MR) is 95.3 cm³/mol. The number of aromatic nitrogens is 2. The average Bonchev–Trinajstić information content (AvgIpc) is 2.82. The molecule has 0 bridgehead atoms. The van der Waals surface area contributed by atoms with Gasteiger partial charge in [0.1, 0.15) is 0 Å². The normalized spacial score (nSPS) is 18.0. The third kappa shape index (κ3) is 3.98. The largest absolute Gasteiger partial charge is 0.392 e. The number of hydrogen-bond acceptors (Lipinski definition) is 4. The lowest BCUT2D eigenvalue weighted by Crippen LogP contribution is -2.50. The molecule has 1 aliphatic heterocycles. The summed E-state index contributed by atoms with van der Waals surface area (Å²) < 4.78 is 1.95. The summed E-state index contributed by atoms with van der Waals surface area (Å²) in [6.45, 7) is 15.9. The van der Waals surface area contributed by atoms with Gasteiger partial charge in [0.25, 0.3) is 5.91 Å². The van der Waals surface area contributed by atoms with Gasteiger partial charge >= 0.3 is 0 Å². The molecule has 1 saturated heterocycles. The first kappa shape index (κ1) is 18.9. The maximum atomic E-state index is 13.0. The van der Waals surface area contributed by atoms with Crippen molar-refractivity contribution in [2.45, 2.75) is 59.6 Å². The van der Waals surface area contributed by atoms with E-state index in [1.165, 1.54) is 0 Å². The highest BCUT2D eigenvalue weighted by Gasteiger charge is 2.29. The number of aliphatic hydroxyl groups is 1. The monoisotopic (exact) mass is 336 g/mol.